The molecule has 186 valence electrons. The Labute approximate surface area is 206 Å². The molecule has 1 saturated heterocycles. The normalized spacial score (nSPS) is 20.0. The number of β-lactam (4-membered cyclic amide) rings is 1. The summed E-state index contributed by atoms with van der Waals surface area (Å²) >= 11 is 1.16. The van der Waals surface area contributed by atoms with Crippen LogP contribution in [0.15, 0.2) is 46.8 Å². The van der Waals surface area contributed by atoms with Crippen molar-refractivity contribution in [3.8, 4) is 0 Å². The summed E-state index contributed by atoms with van der Waals surface area (Å²) in [5.74, 6) is -1.88. The maximum atomic E-state index is 12.8. The van der Waals surface area contributed by atoms with Gasteiger partial charge in [0.2, 0.25) is 11.1 Å². The molecule has 2 aliphatic heterocycles. The number of tetrazole rings is 2. The Morgan fingerprint density at radius 3 is 2.81 bits per heavy atom. The van der Waals surface area contributed by atoms with Crippen LogP contribution in [0.25, 0.3) is 0 Å². The third-order valence-electron chi connectivity index (χ3n) is 5.55. The summed E-state index contributed by atoms with van der Waals surface area (Å²) in [6.07, 6.45) is -0.950. The minimum atomic E-state index is -1.29. The number of nitrogens with zero attached hydrogens (tertiary/aromatic N) is 8. The fourth-order valence-electron chi connectivity index (χ4n) is 3.79. The standard InChI is InChI=1S/C19H19N11O5S/c20-12(9-4-2-1-3-5-9)15(31)21-13-16(32)30-14(18(33)34)10(7-35-17(13)30)8-36-19-24-27-28-29(19)6-11-22-25-26-23-11/h1-5,12-13,17H,6-8,20H2,(H,21,31)(H,33,34)(H,22,23,25,26)/t12?,13-,17?/m0/s1. The van der Waals surface area contributed by atoms with Crippen LogP contribution in [0, 0.1) is 0 Å². The number of benzene rings is 1. The number of ether oxygens (including phenoxy) is 1. The van der Waals surface area contributed by atoms with Gasteiger partial charge in [-0.25, -0.2) is 14.6 Å². The number of carboxylic acid groups (broad SMARTS) is 1. The largest absolute Gasteiger partial charge is 0.477 e. The number of amides is 2. The second-order valence-electron chi connectivity index (χ2n) is 7.80. The van der Waals surface area contributed by atoms with Crippen molar-refractivity contribution in [3.63, 3.8) is 0 Å². The molecule has 1 aromatic carbocycles. The number of hydrogen-bond donors (Lipinski definition) is 4. The number of nitrogens with two attached hydrogens (primary N) is 1. The van der Waals surface area contributed by atoms with Crippen LogP contribution in [0.5, 0.6) is 0 Å². The van der Waals surface area contributed by atoms with Gasteiger partial charge in [-0.2, -0.15) is 0 Å². The highest BCUT2D eigenvalue weighted by Crippen LogP contribution is 2.35. The maximum Gasteiger partial charge on any atom is 0.352 e. The van der Waals surface area contributed by atoms with Crippen LogP contribution in [-0.4, -0.2) is 93.3 Å². The third kappa shape index (κ3) is 4.41. The lowest BCUT2D eigenvalue weighted by molar-refractivity contribution is -0.184. The van der Waals surface area contributed by atoms with Crippen molar-refractivity contribution < 1.29 is 24.2 Å². The number of aromatic amines is 1. The second-order valence-corrected chi connectivity index (χ2v) is 8.74. The van der Waals surface area contributed by atoms with Crippen LogP contribution in [-0.2, 0) is 25.7 Å². The molecule has 0 bridgehead atoms. The van der Waals surface area contributed by atoms with Crippen LogP contribution >= 0.6 is 11.8 Å². The van der Waals surface area contributed by atoms with Gasteiger partial charge in [-0.1, -0.05) is 42.1 Å². The summed E-state index contributed by atoms with van der Waals surface area (Å²) in [5, 5.41) is 37.6. The number of aromatic nitrogens is 8. The van der Waals surface area contributed by atoms with Gasteiger partial charge >= 0.3 is 5.97 Å². The molecule has 2 aliphatic rings. The summed E-state index contributed by atoms with van der Waals surface area (Å²) in [6.45, 7) is 0.122. The summed E-state index contributed by atoms with van der Waals surface area (Å²) in [7, 11) is 0. The number of carboxylic acids is 1. The van der Waals surface area contributed by atoms with Gasteiger partial charge in [-0.15, -0.1) is 10.2 Å². The Hall–Kier alpha value is -4.22. The summed E-state index contributed by atoms with van der Waals surface area (Å²) in [6, 6.07) is 6.65. The number of carbonyl (C=O) groups is 3. The molecule has 1 fully saturated rings. The average Bonchev–Trinajstić information content (AvgIpc) is 3.57. The monoisotopic (exact) mass is 513 g/mol. The Morgan fingerprint density at radius 1 is 1.28 bits per heavy atom. The van der Waals surface area contributed by atoms with Gasteiger partial charge in [0.05, 0.1) is 6.61 Å². The SMILES string of the molecule is NC(C(=O)N[C@H]1C(=O)N2C(C(=O)O)=C(CSc3nnnn3Cc3nnn[nH]3)COC12)c1ccccc1. The number of aliphatic carboxylic acids is 1. The first-order valence-corrected chi connectivity index (χ1v) is 11.5. The molecule has 5 N–H and O–H groups in total. The molecule has 36 heavy (non-hydrogen) atoms. The van der Waals surface area contributed by atoms with E-state index < -0.39 is 36.1 Å². The summed E-state index contributed by atoms with van der Waals surface area (Å²) in [4.78, 5) is 38.5. The van der Waals surface area contributed by atoms with E-state index in [1.54, 1.807) is 30.3 Å². The third-order valence-corrected chi connectivity index (χ3v) is 6.60. The lowest BCUT2D eigenvalue weighted by atomic mass is 9.98. The molecule has 5 rings (SSSR count). The van der Waals surface area contributed by atoms with E-state index >= 15 is 0 Å². The van der Waals surface area contributed by atoms with Crippen LogP contribution in [0.2, 0.25) is 0 Å². The van der Waals surface area contributed by atoms with Gasteiger partial charge in [0.25, 0.3) is 5.91 Å². The molecule has 3 atom stereocenters. The van der Waals surface area contributed by atoms with E-state index in [1.165, 1.54) is 4.68 Å². The van der Waals surface area contributed by atoms with Crippen molar-refractivity contribution in [1.29, 1.82) is 0 Å². The van der Waals surface area contributed by atoms with Crippen LogP contribution in [0.3, 0.4) is 0 Å². The highest BCUT2D eigenvalue weighted by atomic mass is 32.2. The van der Waals surface area contributed by atoms with Crippen molar-refractivity contribution >= 4 is 29.5 Å². The number of H-pyrrole nitrogens is 1. The fraction of sp³-hybridized carbons (Fsp3) is 0.316. The van der Waals surface area contributed by atoms with Crippen molar-refractivity contribution in [3.05, 3.63) is 53.0 Å². The molecule has 2 aromatic heterocycles. The van der Waals surface area contributed by atoms with Gasteiger partial charge in [0.15, 0.2) is 18.1 Å². The number of rotatable bonds is 9. The zero-order valence-electron chi connectivity index (χ0n) is 18.4. The summed E-state index contributed by atoms with van der Waals surface area (Å²) < 4.78 is 7.19. The number of hydrogen-bond acceptors (Lipinski definition) is 12. The quantitative estimate of drug-likeness (QED) is 0.181. The Bertz CT molecular complexity index is 1310. The van der Waals surface area contributed by atoms with Crippen molar-refractivity contribution in [2.24, 2.45) is 5.73 Å². The Morgan fingerprint density at radius 2 is 2.08 bits per heavy atom. The molecule has 0 aliphatic carbocycles. The lowest BCUT2D eigenvalue weighted by Gasteiger charge is -2.49. The molecule has 2 amide bonds. The molecule has 17 heteroatoms. The zero-order chi connectivity index (χ0) is 25.2. The molecule has 16 nitrogen and oxygen atoms in total. The first kappa shape index (κ1) is 23.5. The van der Waals surface area contributed by atoms with E-state index in [2.05, 4.69) is 41.5 Å². The smallest absolute Gasteiger partial charge is 0.352 e. The van der Waals surface area contributed by atoms with Crippen LogP contribution < -0.4 is 11.1 Å². The second kappa shape index (κ2) is 9.80. The van der Waals surface area contributed by atoms with Gasteiger partial charge < -0.3 is 20.9 Å². The number of thioether (sulfide) groups is 1. The van der Waals surface area contributed by atoms with E-state index in [4.69, 9.17) is 10.5 Å². The maximum absolute atomic E-state index is 12.8. The lowest BCUT2D eigenvalue weighted by Crippen LogP contribution is -2.73. The molecular weight excluding hydrogens is 494 g/mol. The van der Waals surface area contributed by atoms with E-state index in [9.17, 15) is 19.5 Å². The van der Waals surface area contributed by atoms with Crippen molar-refractivity contribution in [1.82, 2.24) is 51.0 Å². The molecular formula is C19H19N11O5S. The molecule has 0 radical (unpaired) electrons. The minimum absolute atomic E-state index is 0.0617. The topological polar surface area (TPSA) is 220 Å². The Kier molecular flexibility index (Phi) is 6.40. The van der Waals surface area contributed by atoms with E-state index in [-0.39, 0.29) is 24.6 Å². The molecule has 3 aromatic rings. The first-order chi connectivity index (χ1) is 17.4. The minimum Gasteiger partial charge on any atom is -0.477 e. The molecule has 0 spiro atoms. The predicted octanol–water partition coefficient (Wildman–Crippen LogP) is -1.95. The van der Waals surface area contributed by atoms with Crippen LogP contribution in [0.1, 0.15) is 17.4 Å². The van der Waals surface area contributed by atoms with Crippen molar-refractivity contribution in [2.45, 2.75) is 30.0 Å². The van der Waals surface area contributed by atoms with Gasteiger partial charge in [0, 0.05) is 5.75 Å². The first-order valence-electron chi connectivity index (χ1n) is 10.6. The summed E-state index contributed by atoms with van der Waals surface area (Å²) in [5.41, 5.74) is 6.75. The zero-order valence-corrected chi connectivity index (χ0v) is 19.2. The van der Waals surface area contributed by atoms with Gasteiger partial charge in [-0.3, -0.25) is 14.5 Å². The van der Waals surface area contributed by atoms with E-state index in [0.29, 0.717) is 22.1 Å². The molecule has 0 saturated carbocycles. The van der Waals surface area contributed by atoms with Gasteiger partial charge in [0.1, 0.15) is 18.3 Å². The highest BCUT2D eigenvalue weighted by molar-refractivity contribution is 7.99. The highest BCUT2D eigenvalue weighted by Gasteiger charge is 2.55. The Balaban J connectivity index is 1.26. The number of fused-ring (bicyclic) bond motifs is 1. The van der Waals surface area contributed by atoms with E-state index in [1.807, 2.05) is 0 Å². The molecule has 2 unspecified atom stereocenters. The van der Waals surface area contributed by atoms with Crippen LogP contribution in [0.4, 0.5) is 0 Å². The van der Waals surface area contributed by atoms with Gasteiger partial charge in [-0.05, 0) is 32.0 Å². The molecule has 4 heterocycles. The van der Waals surface area contributed by atoms with Crippen molar-refractivity contribution in [2.75, 3.05) is 12.4 Å². The average molecular weight is 514 g/mol. The number of nitrogens with one attached hydrogen (secondary N) is 2. The fourth-order valence-corrected chi connectivity index (χ4v) is 4.66. The predicted molar refractivity (Wildman–Crippen MR) is 118 cm³/mol. The number of carbonyl (C=O) groups excluding carboxylic acids is 2. The van der Waals surface area contributed by atoms with E-state index in [0.717, 1.165) is 16.7 Å².